The number of carbonyl (C=O) groups is 2. The van der Waals surface area contributed by atoms with Crippen molar-refractivity contribution in [2.75, 3.05) is 6.54 Å². The molecule has 0 fully saturated rings. The number of fused-ring (bicyclic) bond motifs is 3. The van der Waals surface area contributed by atoms with Crippen LogP contribution in [0.3, 0.4) is 0 Å². The molecule has 0 aliphatic heterocycles. The monoisotopic (exact) mass is 505 g/mol. The van der Waals surface area contributed by atoms with E-state index in [1.807, 2.05) is 71.8 Å². The summed E-state index contributed by atoms with van der Waals surface area (Å²) in [5.41, 5.74) is 7.67. The van der Waals surface area contributed by atoms with Gasteiger partial charge in [-0.05, 0) is 65.8 Å². The van der Waals surface area contributed by atoms with Crippen molar-refractivity contribution in [3.05, 3.63) is 113 Å². The number of benzene rings is 3. The Balaban J connectivity index is 1.32. The molecule has 0 radical (unpaired) electrons. The quantitative estimate of drug-likeness (QED) is 0.148. The standard InChI is InChI=1S/C31H27N3O4/c35-30(33-37)14-10-20-9-12-25-21(17-20)11-13-27(25)34(16-15-23-19-32-26-7-3-2-6-24(23)26)31(36)29-18-22-5-1-4-8-28(22)38-29/h1-10,12,14,17-19,27,32,37H,11,13,15-16H2,(H,33,35)/b14-10+. The number of para-hydroxylation sites is 2. The van der Waals surface area contributed by atoms with Gasteiger partial charge in [-0.25, -0.2) is 5.48 Å². The third-order valence-corrected chi connectivity index (χ3v) is 7.32. The summed E-state index contributed by atoms with van der Waals surface area (Å²) in [5.74, 6) is -0.362. The molecule has 2 aromatic heterocycles. The topological polar surface area (TPSA) is 98.6 Å². The first-order valence-electron chi connectivity index (χ1n) is 12.7. The highest BCUT2D eigenvalue weighted by Crippen LogP contribution is 2.38. The van der Waals surface area contributed by atoms with Crippen LogP contribution in [0.1, 0.15) is 45.3 Å². The van der Waals surface area contributed by atoms with Crippen LogP contribution in [0.2, 0.25) is 0 Å². The molecule has 0 spiro atoms. The molecule has 3 N–H and O–H groups in total. The van der Waals surface area contributed by atoms with Gasteiger partial charge in [0.25, 0.3) is 11.8 Å². The molecule has 190 valence electrons. The average molecular weight is 506 g/mol. The van der Waals surface area contributed by atoms with Crippen molar-refractivity contribution in [1.82, 2.24) is 15.4 Å². The van der Waals surface area contributed by atoms with Crippen LogP contribution in [0.15, 0.2) is 89.5 Å². The summed E-state index contributed by atoms with van der Waals surface area (Å²) in [6.45, 7) is 0.542. The zero-order valence-electron chi connectivity index (χ0n) is 20.7. The SMILES string of the molecule is O=C(/C=C/c1ccc2c(c1)CCC2N(CCc1c[nH]c2ccccc12)C(=O)c1cc2ccccc2o1)NO. The molecule has 2 amide bonds. The van der Waals surface area contributed by atoms with Crippen LogP contribution >= 0.6 is 0 Å². The summed E-state index contributed by atoms with van der Waals surface area (Å²) < 4.78 is 5.98. The van der Waals surface area contributed by atoms with Gasteiger partial charge in [0, 0.05) is 35.1 Å². The number of carbonyl (C=O) groups excluding carboxylic acids is 2. The summed E-state index contributed by atoms with van der Waals surface area (Å²) in [7, 11) is 0. The Labute approximate surface area is 219 Å². The average Bonchev–Trinajstić information content (AvgIpc) is 3.68. The summed E-state index contributed by atoms with van der Waals surface area (Å²) in [4.78, 5) is 30.6. The van der Waals surface area contributed by atoms with Gasteiger partial charge in [-0.1, -0.05) is 54.6 Å². The maximum Gasteiger partial charge on any atom is 0.290 e. The van der Waals surface area contributed by atoms with Crippen LogP contribution in [0.4, 0.5) is 0 Å². The number of aromatic nitrogens is 1. The Kier molecular flexibility index (Phi) is 6.27. The smallest absolute Gasteiger partial charge is 0.290 e. The first kappa shape index (κ1) is 23.8. The van der Waals surface area contributed by atoms with E-state index in [9.17, 15) is 9.59 Å². The fourth-order valence-electron chi connectivity index (χ4n) is 5.46. The number of nitrogens with one attached hydrogen (secondary N) is 2. The molecule has 0 saturated heterocycles. The van der Waals surface area contributed by atoms with E-state index in [1.165, 1.54) is 17.0 Å². The number of hydroxylamine groups is 1. The molecular formula is C31H27N3O4. The van der Waals surface area contributed by atoms with E-state index in [1.54, 1.807) is 11.6 Å². The lowest BCUT2D eigenvalue weighted by Crippen LogP contribution is -2.35. The van der Waals surface area contributed by atoms with E-state index in [4.69, 9.17) is 9.62 Å². The largest absolute Gasteiger partial charge is 0.451 e. The molecule has 1 aliphatic carbocycles. The molecule has 1 aliphatic rings. The number of furan rings is 1. The number of nitrogens with zero attached hydrogens (tertiary/aromatic N) is 1. The molecule has 6 rings (SSSR count). The van der Waals surface area contributed by atoms with Crippen LogP contribution in [-0.2, 0) is 17.6 Å². The normalized spacial score (nSPS) is 14.8. The zero-order chi connectivity index (χ0) is 26.1. The highest BCUT2D eigenvalue weighted by atomic mass is 16.5. The van der Waals surface area contributed by atoms with Crippen molar-refractivity contribution in [3.8, 4) is 0 Å². The number of amides is 2. The van der Waals surface area contributed by atoms with Crippen molar-refractivity contribution in [2.24, 2.45) is 0 Å². The van der Waals surface area contributed by atoms with Gasteiger partial charge in [-0.2, -0.15) is 0 Å². The molecule has 1 unspecified atom stereocenters. The fourth-order valence-corrected chi connectivity index (χ4v) is 5.46. The molecule has 7 heteroatoms. The molecule has 1 atom stereocenters. The lowest BCUT2D eigenvalue weighted by molar-refractivity contribution is -0.124. The van der Waals surface area contributed by atoms with Crippen LogP contribution in [-0.4, -0.2) is 33.5 Å². The minimum atomic E-state index is -0.580. The summed E-state index contributed by atoms with van der Waals surface area (Å²) in [6.07, 6.45) is 7.31. The van der Waals surface area contributed by atoms with Crippen LogP contribution in [0, 0.1) is 0 Å². The van der Waals surface area contributed by atoms with Crippen LogP contribution in [0.5, 0.6) is 0 Å². The fraction of sp³-hybridized carbons (Fsp3) is 0.161. The van der Waals surface area contributed by atoms with E-state index < -0.39 is 5.91 Å². The van der Waals surface area contributed by atoms with E-state index in [0.717, 1.165) is 40.4 Å². The van der Waals surface area contributed by atoms with Crippen molar-refractivity contribution >= 4 is 39.8 Å². The minimum absolute atomic E-state index is 0.0883. The van der Waals surface area contributed by atoms with Crippen molar-refractivity contribution < 1.29 is 19.2 Å². The number of hydrogen-bond acceptors (Lipinski definition) is 4. The Morgan fingerprint density at radius 3 is 2.79 bits per heavy atom. The van der Waals surface area contributed by atoms with Gasteiger partial charge in [0.15, 0.2) is 5.76 Å². The maximum absolute atomic E-state index is 14.0. The van der Waals surface area contributed by atoms with E-state index in [-0.39, 0.29) is 11.9 Å². The molecule has 3 aromatic carbocycles. The first-order valence-corrected chi connectivity index (χ1v) is 12.7. The second-order valence-corrected chi connectivity index (χ2v) is 9.58. The first-order chi connectivity index (χ1) is 18.6. The van der Waals surface area contributed by atoms with Gasteiger partial charge >= 0.3 is 0 Å². The lowest BCUT2D eigenvalue weighted by Gasteiger charge is -2.29. The second kappa shape index (κ2) is 10.0. The van der Waals surface area contributed by atoms with E-state index in [0.29, 0.717) is 24.3 Å². The predicted octanol–water partition coefficient (Wildman–Crippen LogP) is 5.81. The Bertz CT molecular complexity index is 1650. The summed E-state index contributed by atoms with van der Waals surface area (Å²) in [5, 5.41) is 10.8. The van der Waals surface area contributed by atoms with Gasteiger partial charge in [0.1, 0.15) is 5.58 Å². The number of rotatable bonds is 7. The number of H-pyrrole nitrogens is 1. The highest BCUT2D eigenvalue weighted by Gasteiger charge is 2.33. The third-order valence-electron chi connectivity index (χ3n) is 7.32. The number of hydrogen-bond donors (Lipinski definition) is 3. The molecular weight excluding hydrogens is 478 g/mol. The van der Waals surface area contributed by atoms with Gasteiger partial charge in [-0.3, -0.25) is 14.8 Å². The Morgan fingerprint density at radius 2 is 1.92 bits per heavy atom. The number of aromatic amines is 1. The molecule has 7 nitrogen and oxygen atoms in total. The second-order valence-electron chi connectivity index (χ2n) is 9.58. The molecule has 38 heavy (non-hydrogen) atoms. The van der Waals surface area contributed by atoms with E-state index >= 15 is 0 Å². The Hall–Kier alpha value is -4.62. The zero-order valence-corrected chi connectivity index (χ0v) is 20.7. The third kappa shape index (κ3) is 4.48. The van der Waals surface area contributed by atoms with Gasteiger partial charge in [0.05, 0.1) is 6.04 Å². The van der Waals surface area contributed by atoms with Gasteiger partial charge in [0.2, 0.25) is 0 Å². The predicted molar refractivity (Wildman–Crippen MR) is 146 cm³/mol. The maximum atomic E-state index is 14.0. The molecule has 0 bridgehead atoms. The van der Waals surface area contributed by atoms with Crippen molar-refractivity contribution in [1.29, 1.82) is 0 Å². The van der Waals surface area contributed by atoms with E-state index in [2.05, 4.69) is 17.1 Å². The summed E-state index contributed by atoms with van der Waals surface area (Å²) >= 11 is 0. The van der Waals surface area contributed by atoms with Gasteiger partial charge in [-0.15, -0.1) is 0 Å². The Morgan fingerprint density at radius 1 is 1.08 bits per heavy atom. The van der Waals surface area contributed by atoms with Gasteiger partial charge < -0.3 is 14.3 Å². The summed E-state index contributed by atoms with van der Waals surface area (Å²) in [6, 6.07) is 23.6. The minimum Gasteiger partial charge on any atom is -0.451 e. The van der Waals surface area contributed by atoms with Crippen LogP contribution in [0.25, 0.3) is 27.9 Å². The molecule has 2 heterocycles. The van der Waals surface area contributed by atoms with Crippen molar-refractivity contribution in [2.45, 2.75) is 25.3 Å². The molecule has 0 saturated carbocycles. The lowest BCUT2D eigenvalue weighted by atomic mass is 10.0. The highest BCUT2D eigenvalue weighted by molar-refractivity contribution is 5.96. The van der Waals surface area contributed by atoms with Crippen molar-refractivity contribution in [3.63, 3.8) is 0 Å². The van der Waals surface area contributed by atoms with Crippen LogP contribution < -0.4 is 5.48 Å². The number of aryl methyl sites for hydroxylation is 1. The molecule has 5 aromatic rings.